The summed E-state index contributed by atoms with van der Waals surface area (Å²) in [5.74, 6) is 1.64. The highest BCUT2D eigenvalue weighted by Crippen LogP contribution is 2.33. The maximum atomic E-state index is 12.3. The van der Waals surface area contributed by atoms with Gasteiger partial charge in [-0.1, -0.05) is 42.3 Å². The highest BCUT2D eigenvalue weighted by Gasteiger charge is 2.33. The van der Waals surface area contributed by atoms with Crippen LogP contribution in [0, 0.1) is 6.92 Å². The van der Waals surface area contributed by atoms with Crippen LogP contribution in [0.5, 0.6) is 17.6 Å². The minimum absolute atomic E-state index is 0.0155. The molecule has 0 amide bonds. The molecule has 4 aromatic heterocycles. The quantitative estimate of drug-likeness (QED) is 0.0785. The summed E-state index contributed by atoms with van der Waals surface area (Å²) < 4.78 is 50.0. The average molecular weight is 693 g/mol. The molecule has 0 atom stereocenters. The van der Waals surface area contributed by atoms with E-state index >= 15 is 0 Å². The summed E-state index contributed by atoms with van der Waals surface area (Å²) in [6.07, 6.45) is 10.4. The van der Waals surface area contributed by atoms with Gasteiger partial charge in [-0.25, -0.2) is 4.98 Å². The summed E-state index contributed by atoms with van der Waals surface area (Å²) in [5, 5.41) is 2.34. The smallest absolute Gasteiger partial charge is 0.296 e. The number of ether oxygens (including phenoxy) is 3. The van der Waals surface area contributed by atoms with Crippen molar-refractivity contribution in [3.63, 3.8) is 0 Å². The number of nitrogens with zero attached hydrogens (tertiary/aromatic N) is 4. The van der Waals surface area contributed by atoms with Crippen LogP contribution in [0.3, 0.4) is 0 Å². The minimum atomic E-state index is -3.72. The Morgan fingerprint density at radius 2 is 1.48 bits per heavy atom. The summed E-state index contributed by atoms with van der Waals surface area (Å²) in [6.45, 7) is 2.59. The molecule has 258 valence electrons. The molecular formula is C39H40N4O6S. The van der Waals surface area contributed by atoms with E-state index in [4.69, 9.17) is 18.4 Å². The first-order valence-corrected chi connectivity index (χ1v) is 18.4. The van der Waals surface area contributed by atoms with Crippen LogP contribution in [0.15, 0.2) is 102 Å². The number of hydrogen-bond acceptors (Lipinski definition) is 9. The van der Waals surface area contributed by atoms with Crippen LogP contribution >= 0.6 is 0 Å². The Morgan fingerprint density at radius 1 is 0.740 bits per heavy atom. The summed E-state index contributed by atoms with van der Waals surface area (Å²) in [4.78, 5) is 13.6. The van der Waals surface area contributed by atoms with E-state index in [1.54, 1.807) is 24.3 Å². The van der Waals surface area contributed by atoms with Gasteiger partial charge >= 0.3 is 0 Å². The van der Waals surface area contributed by atoms with Gasteiger partial charge in [-0.05, 0) is 62.1 Å². The molecule has 1 aliphatic rings. The van der Waals surface area contributed by atoms with E-state index in [1.807, 2.05) is 61.9 Å². The highest BCUT2D eigenvalue weighted by atomic mass is 32.2. The van der Waals surface area contributed by atoms with Gasteiger partial charge in [-0.15, -0.1) is 0 Å². The number of hydrogen-bond donors (Lipinski definition) is 0. The second kappa shape index (κ2) is 14.9. The Balaban J connectivity index is 0.804. The van der Waals surface area contributed by atoms with Gasteiger partial charge in [0.2, 0.25) is 17.6 Å². The zero-order valence-corrected chi connectivity index (χ0v) is 29.0. The Bertz CT molecular complexity index is 2180. The fourth-order valence-corrected chi connectivity index (χ4v) is 7.07. The Morgan fingerprint density at radius 3 is 2.26 bits per heavy atom. The SMILES string of the molecule is Cc1ccc(S(=O)(=O)OCCCCCCOc2cccc(O[C@H]3C[C@H](Oc4ccc(-c5ccc6c7cnccc7n(C)c6c5)cn4)C3)n2)cc1. The molecule has 0 radical (unpaired) electrons. The van der Waals surface area contributed by atoms with Gasteiger partial charge in [0, 0.05) is 78.5 Å². The standard InChI is InChI=1S/C39H40N4O6S/c1-27-10-14-32(15-11-27)50(44,45)47-21-6-4-3-5-20-46-38-8-7-9-39(42-38)49-31-23-30(24-31)48-37-17-13-29(25-41-37)28-12-16-33-34-26-40-19-18-35(34)43(2)36(33)22-28/h7-19,22,25-26,30-31H,3-6,20-21,23-24H2,1-2H3/t30-,31-. The predicted octanol–water partition coefficient (Wildman–Crippen LogP) is 7.83. The third-order valence-electron chi connectivity index (χ3n) is 9.04. The molecule has 0 saturated heterocycles. The largest absolute Gasteiger partial charge is 0.478 e. The van der Waals surface area contributed by atoms with E-state index in [-0.39, 0.29) is 23.7 Å². The van der Waals surface area contributed by atoms with Crippen molar-refractivity contribution in [2.45, 2.75) is 62.6 Å². The van der Waals surface area contributed by atoms with Gasteiger partial charge in [0.05, 0.1) is 23.6 Å². The number of unbranched alkanes of at least 4 members (excludes halogenated alkanes) is 3. The van der Waals surface area contributed by atoms with E-state index in [1.165, 1.54) is 5.39 Å². The lowest BCUT2D eigenvalue weighted by Gasteiger charge is -2.34. The number of fused-ring (bicyclic) bond motifs is 3. The van der Waals surface area contributed by atoms with Gasteiger partial charge in [0.25, 0.3) is 10.1 Å². The van der Waals surface area contributed by atoms with Crippen LogP contribution in [0.4, 0.5) is 0 Å². The van der Waals surface area contributed by atoms with E-state index < -0.39 is 10.1 Å². The van der Waals surface area contributed by atoms with E-state index in [0.29, 0.717) is 30.7 Å². The molecule has 10 nitrogen and oxygen atoms in total. The topological polar surface area (TPSA) is 115 Å². The molecule has 0 aliphatic heterocycles. The molecule has 2 aromatic carbocycles. The zero-order chi connectivity index (χ0) is 34.5. The molecule has 7 rings (SSSR count). The van der Waals surface area contributed by atoms with Crippen molar-refractivity contribution in [2.24, 2.45) is 7.05 Å². The van der Waals surface area contributed by atoms with Crippen LogP contribution in [0.2, 0.25) is 0 Å². The first-order valence-electron chi connectivity index (χ1n) is 17.0. The van der Waals surface area contributed by atoms with Crippen molar-refractivity contribution in [1.29, 1.82) is 0 Å². The first-order chi connectivity index (χ1) is 24.3. The van der Waals surface area contributed by atoms with Crippen molar-refractivity contribution in [3.05, 3.63) is 103 Å². The molecule has 6 aromatic rings. The van der Waals surface area contributed by atoms with Crippen LogP contribution in [-0.2, 0) is 21.3 Å². The molecule has 50 heavy (non-hydrogen) atoms. The predicted molar refractivity (Wildman–Crippen MR) is 192 cm³/mol. The monoisotopic (exact) mass is 692 g/mol. The molecule has 0 spiro atoms. The van der Waals surface area contributed by atoms with Crippen molar-refractivity contribution < 1.29 is 26.8 Å². The van der Waals surface area contributed by atoms with E-state index in [2.05, 4.69) is 44.8 Å². The fraction of sp³-hybridized carbons (Fsp3) is 0.308. The van der Waals surface area contributed by atoms with Gasteiger partial charge in [-0.3, -0.25) is 9.17 Å². The molecule has 4 heterocycles. The fourth-order valence-electron chi connectivity index (χ4n) is 6.12. The Kier molecular flexibility index (Phi) is 9.95. The minimum Gasteiger partial charge on any atom is -0.478 e. The molecule has 11 heteroatoms. The van der Waals surface area contributed by atoms with Gasteiger partial charge < -0.3 is 18.8 Å². The maximum absolute atomic E-state index is 12.3. The molecule has 0 bridgehead atoms. The van der Waals surface area contributed by atoms with Gasteiger partial charge in [0.15, 0.2) is 0 Å². The molecule has 0 N–H and O–H groups in total. The van der Waals surface area contributed by atoms with Crippen molar-refractivity contribution in [2.75, 3.05) is 13.2 Å². The molecule has 0 unspecified atom stereocenters. The summed E-state index contributed by atoms with van der Waals surface area (Å²) >= 11 is 0. The van der Waals surface area contributed by atoms with E-state index in [0.717, 1.165) is 65.2 Å². The second-order valence-electron chi connectivity index (χ2n) is 12.7. The van der Waals surface area contributed by atoms with Crippen LogP contribution in [0.25, 0.3) is 32.9 Å². The van der Waals surface area contributed by atoms with Crippen molar-refractivity contribution in [1.82, 2.24) is 19.5 Å². The normalized spacial score (nSPS) is 16.0. The second-order valence-corrected chi connectivity index (χ2v) is 14.3. The molecule has 1 fully saturated rings. The lowest BCUT2D eigenvalue weighted by atomic mass is 9.92. The van der Waals surface area contributed by atoms with Crippen molar-refractivity contribution in [3.8, 4) is 28.8 Å². The lowest BCUT2D eigenvalue weighted by molar-refractivity contribution is -0.000241. The van der Waals surface area contributed by atoms with Crippen LogP contribution in [0.1, 0.15) is 44.1 Å². The summed E-state index contributed by atoms with van der Waals surface area (Å²) in [6, 6.07) is 24.7. The average Bonchev–Trinajstić information content (AvgIpc) is 3.40. The number of aryl methyl sites for hydroxylation is 2. The van der Waals surface area contributed by atoms with Crippen molar-refractivity contribution >= 4 is 31.9 Å². The van der Waals surface area contributed by atoms with Gasteiger partial charge in [0.1, 0.15) is 12.2 Å². The van der Waals surface area contributed by atoms with E-state index in [9.17, 15) is 8.42 Å². The Hall–Kier alpha value is -5.00. The van der Waals surface area contributed by atoms with Crippen LogP contribution in [-0.4, -0.2) is 53.4 Å². The molecule has 1 aliphatic carbocycles. The number of aromatic nitrogens is 4. The summed E-state index contributed by atoms with van der Waals surface area (Å²) in [7, 11) is -1.64. The number of rotatable bonds is 15. The third-order valence-corrected chi connectivity index (χ3v) is 10.4. The maximum Gasteiger partial charge on any atom is 0.296 e. The summed E-state index contributed by atoms with van der Waals surface area (Å²) in [5.41, 5.74) is 5.44. The number of benzene rings is 2. The Labute approximate surface area is 292 Å². The third kappa shape index (κ3) is 7.74. The first kappa shape index (κ1) is 33.5. The number of pyridine rings is 3. The zero-order valence-electron chi connectivity index (χ0n) is 28.2. The van der Waals surface area contributed by atoms with Gasteiger partial charge in [-0.2, -0.15) is 13.4 Å². The highest BCUT2D eigenvalue weighted by molar-refractivity contribution is 7.86. The molecule has 1 saturated carbocycles. The van der Waals surface area contributed by atoms with Crippen LogP contribution < -0.4 is 14.2 Å². The lowest BCUT2D eigenvalue weighted by Crippen LogP contribution is -2.41. The molecular weight excluding hydrogens is 653 g/mol.